The third-order valence-corrected chi connectivity index (χ3v) is 3.50. The Hall–Kier alpha value is -2.56. The van der Waals surface area contributed by atoms with Crippen LogP contribution in [-0.4, -0.2) is 24.5 Å². The highest BCUT2D eigenvalue weighted by Crippen LogP contribution is 2.39. The molecule has 1 heterocycles. The largest absolute Gasteiger partial charge is 0.443 e. The fourth-order valence-corrected chi connectivity index (χ4v) is 2.47. The van der Waals surface area contributed by atoms with Crippen LogP contribution in [0.5, 0.6) is 0 Å². The molecule has 1 aromatic rings. The molecule has 2 rings (SSSR count). The number of rotatable bonds is 2. The predicted molar refractivity (Wildman–Crippen MR) is 69.2 cm³/mol. The number of carbonyl (C=O) groups is 2. The molecule has 2 atom stereocenters. The van der Waals surface area contributed by atoms with Gasteiger partial charge in [0.1, 0.15) is 18.4 Å². The normalized spacial score (nSPS) is 21.5. The van der Waals surface area contributed by atoms with Gasteiger partial charge in [0.15, 0.2) is 0 Å². The number of alkyl halides is 3. The summed E-state index contributed by atoms with van der Waals surface area (Å²) < 4.78 is 44.4. The van der Waals surface area contributed by atoms with Crippen LogP contribution in [0.4, 0.5) is 23.7 Å². The van der Waals surface area contributed by atoms with Gasteiger partial charge in [-0.15, -0.1) is 0 Å². The van der Waals surface area contributed by atoms with Crippen LogP contribution in [0.15, 0.2) is 12.1 Å². The summed E-state index contributed by atoms with van der Waals surface area (Å²) in [4.78, 5) is 23.8. The number of hydrogen-bond donors (Lipinski definition) is 0. The first kappa shape index (κ1) is 15.8. The van der Waals surface area contributed by atoms with Crippen LogP contribution in [0.25, 0.3) is 0 Å². The summed E-state index contributed by atoms with van der Waals surface area (Å²) in [7, 11) is 0. The molecule has 0 aliphatic carbocycles. The van der Waals surface area contributed by atoms with Crippen molar-refractivity contribution in [2.75, 3.05) is 4.90 Å². The van der Waals surface area contributed by atoms with Gasteiger partial charge in [-0.2, -0.15) is 18.4 Å². The lowest BCUT2D eigenvalue weighted by atomic mass is 9.99. The molecule has 1 aromatic carbocycles. The van der Waals surface area contributed by atoms with E-state index in [9.17, 15) is 22.8 Å². The first-order chi connectivity index (χ1) is 10.2. The van der Waals surface area contributed by atoms with Crippen molar-refractivity contribution < 1.29 is 27.5 Å². The van der Waals surface area contributed by atoms with Gasteiger partial charge in [0.05, 0.1) is 22.9 Å². The Kier molecular flexibility index (Phi) is 3.83. The summed E-state index contributed by atoms with van der Waals surface area (Å²) in [5, 5.41) is 8.84. The number of amides is 1. The molecule has 0 radical (unpaired) electrons. The van der Waals surface area contributed by atoms with E-state index < -0.39 is 35.5 Å². The van der Waals surface area contributed by atoms with Crippen LogP contribution in [0.3, 0.4) is 0 Å². The van der Waals surface area contributed by atoms with E-state index in [1.165, 1.54) is 19.1 Å². The molecular weight excluding hydrogens is 301 g/mol. The van der Waals surface area contributed by atoms with Crippen molar-refractivity contribution in [3.05, 3.63) is 28.8 Å². The van der Waals surface area contributed by atoms with Gasteiger partial charge in [0, 0.05) is 0 Å². The van der Waals surface area contributed by atoms with Crippen LogP contribution in [0, 0.1) is 18.3 Å². The molecule has 0 saturated carbocycles. The summed E-state index contributed by atoms with van der Waals surface area (Å²) in [6.07, 6.45) is -5.97. The van der Waals surface area contributed by atoms with Gasteiger partial charge in [-0.25, -0.2) is 4.79 Å². The van der Waals surface area contributed by atoms with Crippen LogP contribution in [-0.2, 0) is 15.7 Å². The topological polar surface area (TPSA) is 70.4 Å². The molecule has 0 N–H and O–H groups in total. The second-order valence-electron chi connectivity index (χ2n) is 4.83. The Balaban J connectivity index is 2.66. The summed E-state index contributed by atoms with van der Waals surface area (Å²) in [6.45, 7) is 2.62. The third kappa shape index (κ3) is 2.39. The average molecular weight is 312 g/mol. The fraction of sp³-hybridized carbons (Fsp3) is 0.357. The van der Waals surface area contributed by atoms with Crippen molar-refractivity contribution in [1.82, 2.24) is 0 Å². The molecule has 22 heavy (non-hydrogen) atoms. The lowest BCUT2D eigenvalue weighted by molar-refractivity contribution is -0.138. The van der Waals surface area contributed by atoms with Gasteiger partial charge in [-0.05, 0) is 31.5 Å². The number of hydrogen-bond acceptors (Lipinski definition) is 4. The molecule has 1 amide bonds. The van der Waals surface area contributed by atoms with Gasteiger partial charge in [0.25, 0.3) is 0 Å². The molecule has 5 nitrogen and oxygen atoms in total. The number of nitrogens with zero attached hydrogens (tertiary/aromatic N) is 2. The van der Waals surface area contributed by atoms with Crippen LogP contribution < -0.4 is 4.90 Å². The molecule has 2 unspecified atom stereocenters. The maximum Gasteiger partial charge on any atom is 0.418 e. The quantitative estimate of drug-likeness (QED) is 0.787. The van der Waals surface area contributed by atoms with E-state index in [1.807, 2.05) is 0 Å². The highest BCUT2D eigenvalue weighted by Gasteiger charge is 2.43. The zero-order valence-electron chi connectivity index (χ0n) is 11.6. The van der Waals surface area contributed by atoms with Gasteiger partial charge in [-0.3, -0.25) is 4.90 Å². The number of carbonyl (C=O) groups excluding carboxylic acids is 2. The zero-order valence-corrected chi connectivity index (χ0v) is 11.6. The minimum Gasteiger partial charge on any atom is -0.443 e. The Morgan fingerprint density at radius 2 is 2.05 bits per heavy atom. The first-order valence-corrected chi connectivity index (χ1v) is 6.28. The number of cyclic esters (lactones) is 1. The van der Waals surface area contributed by atoms with Crippen LogP contribution in [0.2, 0.25) is 0 Å². The van der Waals surface area contributed by atoms with Crippen molar-refractivity contribution in [3.63, 3.8) is 0 Å². The SMILES string of the molecule is Cc1c(N2C(=O)OC(C)C2C=O)ccc(C#N)c1C(F)(F)F. The monoisotopic (exact) mass is 312 g/mol. The summed E-state index contributed by atoms with van der Waals surface area (Å²) in [6, 6.07) is 2.65. The number of ether oxygens (including phenoxy) is 1. The molecule has 1 aliphatic heterocycles. The Morgan fingerprint density at radius 3 is 2.55 bits per heavy atom. The Labute approximate surface area is 123 Å². The average Bonchev–Trinajstić information content (AvgIpc) is 2.70. The maximum absolute atomic E-state index is 13.2. The number of benzene rings is 1. The van der Waals surface area contributed by atoms with E-state index in [2.05, 4.69) is 0 Å². The van der Waals surface area contributed by atoms with Gasteiger partial charge in [-0.1, -0.05) is 0 Å². The number of halogens is 3. The number of anilines is 1. The van der Waals surface area contributed by atoms with E-state index >= 15 is 0 Å². The molecule has 8 heteroatoms. The highest BCUT2D eigenvalue weighted by molar-refractivity contribution is 5.96. The molecule has 0 aromatic heterocycles. The first-order valence-electron chi connectivity index (χ1n) is 6.28. The summed E-state index contributed by atoms with van der Waals surface area (Å²) >= 11 is 0. The second-order valence-corrected chi connectivity index (χ2v) is 4.83. The molecule has 1 fully saturated rings. The molecular formula is C14H11F3N2O3. The van der Waals surface area contributed by atoms with Crippen molar-refractivity contribution in [2.45, 2.75) is 32.2 Å². The Bertz CT molecular complexity index is 679. The van der Waals surface area contributed by atoms with E-state index in [4.69, 9.17) is 10.00 Å². The maximum atomic E-state index is 13.2. The minimum absolute atomic E-state index is 0.0993. The fourth-order valence-electron chi connectivity index (χ4n) is 2.47. The van der Waals surface area contributed by atoms with Crippen molar-refractivity contribution in [1.29, 1.82) is 5.26 Å². The zero-order chi connectivity index (χ0) is 16.7. The van der Waals surface area contributed by atoms with Gasteiger partial charge in [0.2, 0.25) is 0 Å². The van der Waals surface area contributed by atoms with Crippen molar-refractivity contribution in [3.8, 4) is 6.07 Å². The van der Waals surface area contributed by atoms with Crippen LogP contribution >= 0.6 is 0 Å². The minimum atomic E-state index is -4.75. The lowest BCUT2D eigenvalue weighted by Crippen LogP contribution is -2.37. The van der Waals surface area contributed by atoms with E-state index in [1.54, 1.807) is 0 Å². The summed E-state index contributed by atoms with van der Waals surface area (Å²) in [5.74, 6) is 0. The number of aldehydes is 1. The summed E-state index contributed by atoms with van der Waals surface area (Å²) in [5.41, 5.74) is -2.07. The van der Waals surface area contributed by atoms with Crippen molar-refractivity contribution in [2.24, 2.45) is 0 Å². The molecule has 0 bridgehead atoms. The molecule has 116 valence electrons. The standard InChI is InChI=1S/C14H11F3N2O3/c1-7-10(19-11(6-20)8(2)22-13(19)21)4-3-9(5-18)12(7)14(15,16)17/h3-4,6,8,11H,1-2H3. The molecule has 1 saturated heterocycles. The Morgan fingerprint density at radius 1 is 1.41 bits per heavy atom. The molecule has 0 spiro atoms. The smallest absolute Gasteiger partial charge is 0.418 e. The van der Waals surface area contributed by atoms with Gasteiger partial charge < -0.3 is 9.53 Å². The molecule has 1 aliphatic rings. The van der Waals surface area contributed by atoms with Crippen molar-refractivity contribution >= 4 is 18.1 Å². The highest BCUT2D eigenvalue weighted by atomic mass is 19.4. The van der Waals surface area contributed by atoms with Gasteiger partial charge >= 0.3 is 12.3 Å². The third-order valence-electron chi connectivity index (χ3n) is 3.50. The number of nitriles is 1. The van der Waals surface area contributed by atoms with E-state index in [-0.39, 0.29) is 11.3 Å². The second kappa shape index (κ2) is 5.33. The van der Waals surface area contributed by atoms with Crippen LogP contribution in [0.1, 0.15) is 23.6 Å². The lowest BCUT2D eigenvalue weighted by Gasteiger charge is -2.23. The van der Waals surface area contributed by atoms with E-state index in [0.29, 0.717) is 6.29 Å². The predicted octanol–water partition coefficient (Wildman–Crippen LogP) is 2.80. The van der Waals surface area contributed by atoms with E-state index in [0.717, 1.165) is 17.9 Å².